The highest BCUT2D eigenvalue weighted by Gasteiger charge is 2.28. The molecular formula is C23H25FN6O2. The van der Waals surface area contributed by atoms with E-state index in [0.717, 1.165) is 0 Å². The summed E-state index contributed by atoms with van der Waals surface area (Å²) in [6, 6.07) is 10.0. The van der Waals surface area contributed by atoms with Gasteiger partial charge in [0.05, 0.1) is 12.7 Å². The van der Waals surface area contributed by atoms with Crippen molar-refractivity contribution in [2.75, 3.05) is 39.3 Å². The molecule has 1 aliphatic rings. The summed E-state index contributed by atoms with van der Waals surface area (Å²) in [6.45, 7) is 6.47. The summed E-state index contributed by atoms with van der Waals surface area (Å²) in [7, 11) is 0. The molecule has 3 heterocycles. The van der Waals surface area contributed by atoms with Gasteiger partial charge in [-0.05, 0) is 24.3 Å². The maximum atomic E-state index is 14.5. The number of nitrogens with one attached hydrogen (secondary N) is 1. The van der Waals surface area contributed by atoms with E-state index in [-0.39, 0.29) is 24.0 Å². The van der Waals surface area contributed by atoms with E-state index in [2.05, 4.69) is 17.0 Å². The average molecular weight is 436 g/mol. The van der Waals surface area contributed by atoms with Gasteiger partial charge in [-0.2, -0.15) is 5.10 Å². The molecule has 0 radical (unpaired) electrons. The zero-order valence-corrected chi connectivity index (χ0v) is 17.7. The van der Waals surface area contributed by atoms with Crippen LogP contribution in [0.25, 0.3) is 11.5 Å². The van der Waals surface area contributed by atoms with Crippen LogP contribution in [-0.2, 0) is 4.79 Å². The highest BCUT2D eigenvalue weighted by atomic mass is 19.1. The van der Waals surface area contributed by atoms with Crippen LogP contribution in [0.3, 0.4) is 0 Å². The van der Waals surface area contributed by atoms with Gasteiger partial charge in [-0.3, -0.25) is 14.5 Å². The van der Waals surface area contributed by atoms with Gasteiger partial charge < -0.3 is 14.8 Å². The molecule has 8 nitrogen and oxygen atoms in total. The summed E-state index contributed by atoms with van der Waals surface area (Å²) >= 11 is 0. The van der Waals surface area contributed by atoms with Gasteiger partial charge >= 0.3 is 0 Å². The second-order valence-electron chi connectivity index (χ2n) is 7.50. The van der Waals surface area contributed by atoms with Crippen molar-refractivity contribution in [3.8, 4) is 11.5 Å². The molecule has 0 aliphatic carbocycles. The predicted molar refractivity (Wildman–Crippen MR) is 118 cm³/mol. The van der Waals surface area contributed by atoms with E-state index in [1.54, 1.807) is 46.1 Å². The SMILES string of the molecule is C=CCNC(=O)CN1CCN(C(=O)c2cnn(-c3ccccc3F)c2-n2cccc2)CC1. The second kappa shape index (κ2) is 9.61. The van der Waals surface area contributed by atoms with E-state index in [4.69, 9.17) is 0 Å². The first-order chi connectivity index (χ1) is 15.6. The number of amides is 2. The van der Waals surface area contributed by atoms with Crippen LogP contribution in [0.15, 0.2) is 67.6 Å². The highest BCUT2D eigenvalue weighted by molar-refractivity contribution is 5.97. The van der Waals surface area contributed by atoms with Gasteiger partial charge in [0.2, 0.25) is 5.91 Å². The quantitative estimate of drug-likeness (QED) is 0.574. The third kappa shape index (κ3) is 4.47. The summed E-state index contributed by atoms with van der Waals surface area (Å²) in [6.07, 6.45) is 6.72. The van der Waals surface area contributed by atoms with Gasteiger partial charge in [0.1, 0.15) is 17.1 Å². The summed E-state index contributed by atoms with van der Waals surface area (Å²) in [5.41, 5.74) is 0.659. The Morgan fingerprint density at radius 2 is 1.81 bits per heavy atom. The van der Waals surface area contributed by atoms with E-state index in [1.807, 2.05) is 17.0 Å². The molecule has 1 saturated heterocycles. The Kier molecular flexibility index (Phi) is 6.46. The Morgan fingerprint density at radius 1 is 1.09 bits per heavy atom. The Balaban J connectivity index is 1.53. The highest BCUT2D eigenvalue weighted by Crippen LogP contribution is 2.23. The van der Waals surface area contributed by atoms with E-state index >= 15 is 0 Å². The van der Waals surface area contributed by atoms with Crippen molar-refractivity contribution >= 4 is 11.8 Å². The van der Waals surface area contributed by atoms with Gasteiger partial charge in [0, 0.05) is 45.1 Å². The number of hydrogen-bond donors (Lipinski definition) is 1. The second-order valence-corrected chi connectivity index (χ2v) is 7.50. The molecule has 0 bridgehead atoms. The first kappa shape index (κ1) is 21.5. The average Bonchev–Trinajstić information content (AvgIpc) is 3.48. The Hall–Kier alpha value is -3.72. The van der Waals surface area contributed by atoms with Crippen LogP contribution in [0.1, 0.15) is 10.4 Å². The number of hydrogen-bond acceptors (Lipinski definition) is 4. The fourth-order valence-corrected chi connectivity index (χ4v) is 3.74. The van der Waals surface area contributed by atoms with Crippen molar-refractivity contribution in [2.45, 2.75) is 0 Å². The van der Waals surface area contributed by atoms with Crippen molar-refractivity contribution in [2.24, 2.45) is 0 Å². The number of para-hydroxylation sites is 1. The maximum Gasteiger partial charge on any atom is 0.259 e. The van der Waals surface area contributed by atoms with Gasteiger partial charge in [-0.15, -0.1) is 6.58 Å². The van der Waals surface area contributed by atoms with Crippen molar-refractivity contribution in [1.82, 2.24) is 29.5 Å². The van der Waals surface area contributed by atoms with E-state index < -0.39 is 5.82 Å². The van der Waals surface area contributed by atoms with Gasteiger partial charge in [0.15, 0.2) is 5.82 Å². The lowest BCUT2D eigenvalue weighted by Gasteiger charge is -2.34. The van der Waals surface area contributed by atoms with Gasteiger partial charge in [0.25, 0.3) is 5.91 Å². The topological polar surface area (TPSA) is 75.4 Å². The first-order valence-electron chi connectivity index (χ1n) is 10.4. The maximum absolute atomic E-state index is 14.5. The minimum absolute atomic E-state index is 0.0641. The van der Waals surface area contributed by atoms with Crippen LogP contribution >= 0.6 is 0 Å². The number of carbonyl (C=O) groups is 2. The van der Waals surface area contributed by atoms with Crippen LogP contribution in [0, 0.1) is 5.82 Å². The largest absolute Gasteiger partial charge is 0.352 e. The fourth-order valence-electron chi connectivity index (χ4n) is 3.74. The molecule has 0 unspecified atom stereocenters. The monoisotopic (exact) mass is 436 g/mol. The third-order valence-corrected chi connectivity index (χ3v) is 5.37. The zero-order valence-electron chi connectivity index (χ0n) is 17.7. The lowest BCUT2D eigenvalue weighted by molar-refractivity contribution is -0.122. The molecule has 3 aromatic rings. The normalized spacial score (nSPS) is 14.3. The Labute approximate surface area is 185 Å². The standard InChI is InChI=1S/C23H25FN6O2/c1-2-9-25-21(31)17-27-12-14-29(15-13-27)23(32)18-16-26-30(20-8-4-3-7-19(20)24)22(18)28-10-5-6-11-28/h2-8,10-11,16H,1,9,12-15,17H2,(H,25,31). The van der Waals surface area contributed by atoms with Crippen molar-refractivity contribution in [3.63, 3.8) is 0 Å². The molecule has 166 valence electrons. The molecule has 1 aromatic carbocycles. The lowest BCUT2D eigenvalue weighted by Crippen LogP contribution is -2.51. The molecule has 1 N–H and O–H groups in total. The predicted octanol–water partition coefficient (Wildman–Crippen LogP) is 1.86. The molecule has 1 fully saturated rings. The minimum Gasteiger partial charge on any atom is -0.352 e. The van der Waals surface area contributed by atoms with Crippen molar-refractivity contribution in [1.29, 1.82) is 0 Å². The van der Waals surface area contributed by atoms with Gasteiger partial charge in [-0.1, -0.05) is 18.2 Å². The molecule has 32 heavy (non-hydrogen) atoms. The van der Waals surface area contributed by atoms with Crippen LogP contribution in [-0.4, -0.2) is 75.2 Å². The van der Waals surface area contributed by atoms with Crippen LogP contribution in [0.5, 0.6) is 0 Å². The van der Waals surface area contributed by atoms with Crippen LogP contribution < -0.4 is 5.32 Å². The van der Waals surface area contributed by atoms with E-state index in [1.165, 1.54) is 16.9 Å². The molecule has 2 amide bonds. The molecule has 1 aliphatic heterocycles. The van der Waals surface area contributed by atoms with Crippen LogP contribution in [0.4, 0.5) is 4.39 Å². The van der Waals surface area contributed by atoms with Crippen LogP contribution in [0.2, 0.25) is 0 Å². The van der Waals surface area contributed by atoms with E-state index in [9.17, 15) is 14.0 Å². The number of benzene rings is 1. The Morgan fingerprint density at radius 3 is 2.50 bits per heavy atom. The van der Waals surface area contributed by atoms with Crippen molar-refractivity contribution in [3.05, 3.63) is 79.0 Å². The number of rotatable bonds is 7. The third-order valence-electron chi connectivity index (χ3n) is 5.37. The summed E-state index contributed by atoms with van der Waals surface area (Å²) in [4.78, 5) is 29.1. The summed E-state index contributed by atoms with van der Waals surface area (Å²) in [5.74, 6) is -0.180. The number of halogens is 1. The molecule has 0 saturated carbocycles. The lowest BCUT2D eigenvalue weighted by atomic mass is 10.2. The van der Waals surface area contributed by atoms with Gasteiger partial charge in [-0.25, -0.2) is 9.07 Å². The first-order valence-corrected chi connectivity index (χ1v) is 10.4. The molecule has 0 atom stereocenters. The number of aromatic nitrogens is 3. The van der Waals surface area contributed by atoms with Crippen molar-refractivity contribution < 1.29 is 14.0 Å². The number of carbonyl (C=O) groups excluding carboxylic acids is 2. The molecule has 0 spiro atoms. The molecular weight excluding hydrogens is 411 g/mol. The fraction of sp³-hybridized carbons (Fsp3) is 0.261. The zero-order chi connectivity index (χ0) is 22.5. The number of piperazine rings is 1. The summed E-state index contributed by atoms with van der Waals surface area (Å²) < 4.78 is 17.7. The molecule has 9 heteroatoms. The smallest absolute Gasteiger partial charge is 0.259 e. The minimum atomic E-state index is -0.425. The summed E-state index contributed by atoms with van der Waals surface area (Å²) in [5, 5.41) is 7.10. The molecule has 4 rings (SSSR count). The molecule has 2 aromatic heterocycles. The van der Waals surface area contributed by atoms with E-state index in [0.29, 0.717) is 44.1 Å². The Bertz CT molecular complexity index is 1100. The number of nitrogens with zero attached hydrogens (tertiary/aromatic N) is 5.